The van der Waals surface area contributed by atoms with Gasteiger partial charge in [0.05, 0.1) is 12.0 Å². The van der Waals surface area contributed by atoms with Gasteiger partial charge in [0.1, 0.15) is 11.6 Å². The quantitative estimate of drug-likeness (QED) is 0.804. The van der Waals surface area contributed by atoms with E-state index in [-0.39, 0.29) is 18.2 Å². The van der Waals surface area contributed by atoms with E-state index in [4.69, 9.17) is 4.74 Å². The van der Waals surface area contributed by atoms with Gasteiger partial charge in [0, 0.05) is 4.88 Å². The Balaban J connectivity index is 1.99. The van der Waals surface area contributed by atoms with Gasteiger partial charge in [-0.25, -0.2) is 9.18 Å². The van der Waals surface area contributed by atoms with Gasteiger partial charge in [0.15, 0.2) is 0 Å². The van der Waals surface area contributed by atoms with Crippen molar-refractivity contribution in [1.82, 2.24) is 5.32 Å². The number of nitrogens with one attached hydrogen (secondary N) is 1. The highest BCUT2D eigenvalue weighted by Crippen LogP contribution is 2.27. The molecular weight excluding hydrogens is 333 g/mol. The molecule has 1 aromatic heterocycles. The van der Waals surface area contributed by atoms with Crippen LogP contribution in [0.15, 0.2) is 41.8 Å². The molecule has 0 bridgehead atoms. The molecule has 0 saturated heterocycles. The van der Waals surface area contributed by atoms with Crippen LogP contribution in [-0.2, 0) is 15.0 Å². The molecule has 0 fully saturated rings. The maximum absolute atomic E-state index is 12.9. The molecule has 5 nitrogen and oxygen atoms in total. The molecule has 0 spiro atoms. The highest BCUT2D eigenvalue weighted by molar-refractivity contribution is 7.10. The Hall–Kier alpha value is -2.41. The van der Waals surface area contributed by atoms with Gasteiger partial charge in [-0.15, -0.1) is 11.3 Å². The van der Waals surface area contributed by atoms with Gasteiger partial charge in [-0.1, -0.05) is 6.07 Å². The summed E-state index contributed by atoms with van der Waals surface area (Å²) in [4.78, 5) is 24.6. The number of aliphatic carboxylic acids is 1. The van der Waals surface area contributed by atoms with Crippen LogP contribution in [0, 0.1) is 5.82 Å². The lowest BCUT2D eigenvalue weighted by Crippen LogP contribution is -2.46. The molecule has 0 aliphatic carbocycles. The highest BCUT2D eigenvalue weighted by Gasteiger charge is 2.32. The van der Waals surface area contributed by atoms with E-state index < -0.39 is 23.3 Å². The van der Waals surface area contributed by atoms with E-state index in [1.165, 1.54) is 35.6 Å². The Morgan fingerprint density at radius 1 is 1.29 bits per heavy atom. The molecule has 24 heavy (non-hydrogen) atoms. The van der Waals surface area contributed by atoms with Crippen molar-refractivity contribution < 1.29 is 23.8 Å². The molecule has 2 N–H and O–H groups in total. The average Bonchev–Trinajstić information content (AvgIpc) is 3.07. The van der Waals surface area contributed by atoms with Crippen LogP contribution in [0.4, 0.5) is 4.39 Å². The molecule has 1 unspecified atom stereocenters. The third-order valence-corrected chi connectivity index (χ3v) is 4.71. The van der Waals surface area contributed by atoms with Crippen LogP contribution < -0.4 is 10.1 Å². The van der Waals surface area contributed by atoms with Gasteiger partial charge in [0.2, 0.25) is 12.0 Å². The fraction of sp³-hybridized carbons (Fsp3) is 0.294. The second-order valence-corrected chi connectivity index (χ2v) is 6.66. The average molecular weight is 351 g/mol. The van der Waals surface area contributed by atoms with E-state index in [1.807, 2.05) is 17.5 Å². The zero-order valence-corrected chi connectivity index (χ0v) is 14.1. The Morgan fingerprint density at radius 2 is 1.96 bits per heavy atom. The molecule has 0 radical (unpaired) electrons. The van der Waals surface area contributed by atoms with E-state index in [1.54, 1.807) is 13.8 Å². The van der Waals surface area contributed by atoms with Crippen molar-refractivity contribution in [2.45, 2.75) is 25.4 Å². The number of hydrogen-bond acceptors (Lipinski definition) is 4. The first-order valence-corrected chi connectivity index (χ1v) is 8.16. The van der Waals surface area contributed by atoms with Crippen LogP contribution in [0.3, 0.4) is 0 Å². The van der Waals surface area contributed by atoms with E-state index >= 15 is 0 Å². The number of carboxylic acids is 1. The van der Waals surface area contributed by atoms with Gasteiger partial charge >= 0.3 is 5.97 Å². The topological polar surface area (TPSA) is 75.6 Å². The standard InChI is InChI=1S/C17H18FNO4S/c1-17(2,14-4-3-9-24-14)16(22)19-10-13(15(20)21)23-12-7-5-11(18)6-8-12/h3-9,13H,10H2,1-2H3,(H,19,22)(H,20,21). The molecule has 2 rings (SSSR count). The summed E-state index contributed by atoms with van der Waals surface area (Å²) >= 11 is 1.46. The highest BCUT2D eigenvalue weighted by atomic mass is 32.1. The predicted octanol–water partition coefficient (Wildman–Crippen LogP) is 2.81. The first kappa shape index (κ1) is 17.9. The van der Waals surface area contributed by atoms with Crippen molar-refractivity contribution >= 4 is 23.2 Å². The number of benzene rings is 1. The smallest absolute Gasteiger partial charge is 0.346 e. The maximum atomic E-state index is 12.9. The zero-order valence-electron chi connectivity index (χ0n) is 13.3. The molecule has 0 aliphatic heterocycles. The first-order valence-electron chi connectivity index (χ1n) is 7.28. The molecule has 1 atom stereocenters. The maximum Gasteiger partial charge on any atom is 0.346 e. The van der Waals surface area contributed by atoms with Crippen molar-refractivity contribution in [3.63, 3.8) is 0 Å². The van der Waals surface area contributed by atoms with Crippen LogP contribution in [-0.4, -0.2) is 29.6 Å². The van der Waals surface area contributed by atoms with Crippen molar-refractivity contribution in [1.29, 1.82) is 0 Å². The monoisotopic (exact) mass is 351 g/mol. The summed E-state index contributed by atoms with van der Waals surface area (Å²) in [5.74, 6) is -1.73. The number of amides is 1. The molecule has 128 valence electrons. The SMILES string of the molecule is CC(C)(C(=O)NCC(Oc1ccc(F)cc1)C(=O)O)c1cccs1. The molecule has 2 aromatic rings. The lowest BCUT2D eigenvalue weighted by atomic mass is 9.90. The molecule has 0 aliphatic rings. The molecule has 1 heterocycles. The molecule has 7 heteroatoms. The summed E-state index contributed by atoms with van der Waals surface area (Å²) < 4.78 is 18.2. The first-order chi connectivity index (χ1) is 11.3. The Labute approximate surface area is 143 Å². The number of carbonyl (C=O) groups excluding carboxylic acids is 1. The minimum absolute atomic E-state index is 0.194. The van der Waals surface area contributed by atoms with Crippen molar-refractivity contribution in [3.05, 3.63) is 52.5 Å². The van der Waals surface area contributed by atoms with Crippen LogP contribution in [0.5, 0.6) is 5.75 Å². The molecule has 1 aromatic carbocycles. The van der Waals surface area contributed by atoms with E-state index in [0.29, 0.717) is 0 Å². The number of rotatable bonds is 7. The van der Waals surface area contributed by atoms with Crippen LogP contribution in [0.2, 0.25) is 0 Å². The number of thiophene rings is 1. The Kier molecular flexibility index (Phi) is 5.56. The number of carbonyl (C=O) groups is 2. The third kappa shape index (κ3) is 4.32. The summed E-state index contributed by atoms with van der Waals surface area (Å²) in [6.45, 7) is 3.34. The largest absolute Gasteiger partial charge is 0.478 e. The minimum Gasteiger partial charge on any atom is -0.478 e. The van der Waals surface area contributed by atoms with E-state index in [0.717, 1.165) is 4.88 Å². The summed E-state index contributed by atoms with van der Waals surface area (Å²) in [7, 11) is 0. The van der Waals surface area contributed by atoms with Crippen LogP contribution in [0.25, 0.3) is 0 Å². The van der Waals surface area contributed by atoms with E-state index in [9.17, 15) is 19.1 Å². The summed E-state index contributed by atoms with van der Waals surface area (Å²) in [6.07, 6.45) is -1.27. The molecule has 0 saturated carbocycles. The summed E-state index contributed by atoms with van der Waals surface area (Å²) in [6, 6.07) is 8.73. The van der Waals surface area contributed by atoms with Crippen molar-refractivity contribution in [3.8, 4) is 5.75 Å². The lowest BCUT2D eigenvalue weighted by Gasteiger charge is -2.23. The number of hydrogen-bond donors (Lipinski definition) is 2. The van der Waals surface area contributed by atoms with Crippen LogP contribution in [0.1, 0.15) is 18.7 Å². The second-order valence-electron chi connectivity index (χ2n) is 5.71. The fourth-order valence-corrected chi connectivity index (χ4v) is 2.86. The zero-order chi connectivity index (χ0) is 17.7. The molecule has 1 amide bonds. The summed E-state index contributed by atoms with van der Waals surface area (Å²) in [5.41, 5.74) is -0.771. The lowest BCUT2D eigenvalue weighted by molar-refractivity contribution is -0.145. The van der Waals surface area contributed by atoms with Gasteiger partial charge in [-0.05, 0) is 49.6 Å². The Bertz CT molecular complexity index is 698. The van der Waals surface area contributed by atoms with Crippen molar-refractivity contribution in [2.75, 3.05) is 6.54 Å². The molecular formula is C17H18FNO4S. The van der Waals surface area contributed by atoms with Gasteiger partial charge in [0.25, 0.3) is 0 Å². The fourth-order valence-electron chi connectivity index (χ4n) is 2.01. The second kappa shape index (κ2) is 7.44. The summed E-state index contributed by atoms with van der Waals surface area (Å²) in [5, 5.41) is 13.7. The number of halogens is 1. The Morgan fingerprint density at radius 3 is 2.50 bits per heavy atom. The number of ether oxygens (including phenoxy) is 1. The normalized spacial score (nSPS) is 12.5. The number of carboxylic acid groups (broad SMARTS) is 1. The van der Waals surface area contributed by atoms with Gasteiger partial charge < -0.3 is 15.2 Å². The van der Waals surface area contributed by atoms with Gasteiger partial charge in [-0.3, -0.25) is 4.79 Å². The minimum atomic E-state index is -1.27. The van der Waals surface area contributed by atoms with Crippen molar-refractivity contribution in [2.24, 2.45) is 0 Å². The third-order valence-electron chi connectivity index (χ3n) is 3.52. The predicted molar refractivity (Wildman–Crippen MR) is 88.8 cm³/mol. The van der Waals surface area contributed by atoms with Gasteiger partial charge in [-0.2, -0.15) is 0 Å². The van der Waals surface area contributed by atoms with Crippen LogP contribution >= 0.6 is 11.3 Å². The van der Waals surface area contributed by atoms with E-state index in [2.05, 4.69) is 5.32 Å².